The molecule has 2 heterocycles. The lowest BCUT2D eigenvalue weighted by atomic mass is 10.1. The van der Waals surface area contributed by atoms with Gasteiger partial charge in [-0.25, -0.2) is 0 Å². The molecule has 2 amide bonds. The molecule has 1 saturated heterocycles. The number of hydrogen-bond acceptors (Lipinski definition) is 6. The summed E-state index contributed by atoms with van der Waals surface area (Å²) in [5, 5.41) is 3.08. The lowest BCUT2D eigenvalue weighted by Gasteiger charge is -2.18. The summed E-state index contributed by atoms with van der Waals surface area (Å²) in [6, 6.07) is 9.80. The SMILES string of the molecule is O=C(COC(=O)[C@@H]1CC(=O)N(NC(=O)c2ccccc2Cl)C1)c1cccs1. The van der Waals surface area contributed by atoms with E-state index in [-0.39, 0.29) is 35.9 Å². The lowest BCUT2D eigenvalue weighted by Crippen LogP contribution is -2.43. The number of ketones is 1. The molecule has 0 bridgehead atoms. The van der Waals surface area contributed by atoms with Gasteiger partial charge in [-0.15, -0.1) is 11.3 Å². The molecule has 1 atom stereocenters. The van der Waals surface area contributed by atoms with Crippen LogP contribution in [0.1, 0.15) is 26.5 Å². The van der Waals surface area contributed by atoms with E-state index in [2.05, 4.69) is 5.43 Å². The number of hydrogen-bond donors (Lipinski definition) is 1. The van der Waals surface area contributed by atoms with Crippen LogP contribution >= 0.6 is 22.9 Å². The highest BCUT2D eigenvalue weighted by Gasteiger charge is 2.37. The van der Waals surface area contributed by atoms with Gasteiger partial charge in [-0.2, -0.15) is 0 Å². The molecule has 1 aromatic carbocycles. The topological polar surface area (TPSA) is 92.8 Å². The first-order valence-electron chi connectivity index (χ1n) is 8.05. The number of Topliss-reactive ketones (excluding diaryl/α,β-unsaturated/α-hetero) is 1. The van der Waals surface area contributed by atoms with Gasteiger partial charge in [0.2, 0.25) is 11.7 Å². The van der Waals surface area contributed by atoms with E-state index in [1.54, 1.807) is 35.7 Å². The summed E-state index contributed by atoms with van der Waals surface area (Å²) in [5.41, 5.74) is 2.67. The van der Waals surface area contributed by atoms with Gasteiger partial charge in [-0.1, -0.05) is 29.8 Å². The van der Waals surface area contributed by atoms with Crippen LogP contribution in [0.3, 0.4) is 0 Å². The van der Waals surface area contributed by atoms with Gasteiger partial charge >= 0.3 is 5.97 Å². The molecule has 1 fully saturated rings. The van der Waals surface area contributed by atoms with Crippen LogP contribution in [0.5, 0.6) is 0 Å². The average molecular weight is 407 g/mol. The second-order valence-electron chi connectivity index (χ2n) is 5.83. The largest absolute Gasteiger partial charge is 0.457 e. The smallest absolute Gasteiger partial charge is 0.311 e. The van der Waals surface area contributed by atoms with E-state index < -0.39 is 23.7 Å². The molecule has 0 unspecified atom stereocenters. The van der Waals surface area contributed by atoms with Crippen LogP contribution in [0, 0.1) is 5.92 Å². The van der Waals surface area contributed by atoms with Gasteiger partial charge in [0.05, 0.1) is 27.9 Å². The number of rotatable bonds is 6. The zero-order chi connectivity index (χ0) is 19.4. The Hall–Kier alpha value is -2.71. The van der Waals surface area contributed by atoms with Crippen LogP contribution in [-0.4, -0.2) is 41.7 Å². The van der Waals surface area contributed by atoms with Crippen LogP contribution in [-0.2, 0) is 14.3 Å². The molecule has 7 nitrogen and oxygen atoms in total. The van der Waals surface area contributed by atoms with E-state index in [0.717, 1.165) is 5.01 Å². The number of benzene rings is 1. The van der Waals surface area contributed by atoms with Crippen molar-refractivity contribution in [2.24, 2.45) is 5.92 Å². The van der Waals surface area contributed by atoms with Crippen molar-refractivity contribution in [2.75, 3.05) is 13.2 Å². The minimum absolute atomic E-state index is 0.0267. The van der Waals surface area contributed by atoms with Crippen molar-refractivity contribution in [1.29, 1.82) is 0 Å². The molecular weight excluding hydrogens is 392 g/mol. The van der Waals surface area contributed by atoms with E-state index >= 15 is 0 Å². The Labute approximate surface area is 163 Å². The molecule has 1 aliphatic heterocycles. The van der Waals surface area contributed by atoms with Crippen molar-refractivity contribution in [3.8, 4) is 0 Å². The second-order valence-corrected chi connectivity index (χ2v) is 7.19. The molecule has 0 radical (unpaired) electrons. The maximum Gasteiger partial charge on any atom is 0.311 e. The van der Waals surface area contributed by atoms with Gasteiger partial charge in [-0.3, -0.25) is 29.6 Å². The van der Waals surface area contributed by atoms with Gasteiger partial charge < -0.3 is 4.74 Å². The Morgan fingerprint density at radius 1 is 1.22 bits per heavy atom. The third-order valence-corrected chi connectivity index (χ3v) is 5.20. The minimum atomic E-state index is -0.750. The van der Waals surface area contributed by atoms with Crippen molar-refractivity contribution >= 4 is 46.5 Å². The second kappa shape index (κ2) is 8.32. The molecule has 0 aliphatic carbocycles. The van der Waals surface area contributed by atoms with Gasteiger partial charge in [0.25, 0.3) is 5.91 Å². The van der Waals surface area contributed by atoms with Crippen LogP contribution in [0.2, 0.25) is 5.02 Å². The van der Waals surface area contributed by atoms with E-state index in [0.29, 0.717) is 4.88 Å². The number of carbonyl (C=O) groups excluding carboxylic acids is 4. The number of nitrogens with zero attached hydrogens (tertiary/aromatic N) is 1. The average Bonchev–Trinajstić information content (AvgIpc) is 3.30. The number of ether oxygens (including phenoxy) is 1. The summed E-state index contributed by atoms with van der Waals surface area (Å²) in [6.07, 6.45) is -0.102. The number of thiophene rings is 1. The molecular formula is C18H15ClN2O5S. The Morgan fingerprint density at radius 2 is 2.00 bits per heavy atom. The van der Waals surface area contributed by atoms with Crippen LogP contribution < -0.4 is 5.43 Å². The van der Waals surface area contributed by atoms with Gasteiger partial charge in [0.1, 0.15) is 0 Å². The highest BCUT2D eigenvalue weighted by molar-refractivity contribution is 7.12. The Morgan fingerprint density at radius 3 is 2.70 bits per heavy atom. The quantitative estimate of drug-likeness (QED) is 0.587. The minimum Gasteiger partial charge on any atom is -0.457 e. The van der Waals surface area contributed by atoms with Gasteiger partial charge in [-0.05, 0) is 23.6 Å². The molecule has 0 saturated carbocycles. The van der Waals surface area contributed by atoms with E-state index in [9.17, 15) is 19.2 Å². The Kier molecular flexibility index (Phi) is 5.88. The monoisotopic (exact) mass is 406 g/mol. The zero-order valence-electron chi connectivity index (χ0n) is 14.0. The fourth-order valence-corrected chi connectivity index (χ4v) is 3.44. The summed E-state index contributed by atoms with van der Waals surface area (Å²) in [7, 11) is 0. The molecule has 140 valence electrons. The number of esters is 1. The third kappa shape index (κ3) is 4.53. The van der Waals surface area contributed by atoms with Crippen molar-refractivity contribution in [3.63, 3.8) is 0 Å². The summed E-state index contributed by atoms with van der Waals surface area (Å²) < 4.78 is 5.02. The summed E-state index contributed by atoms with van der Waals surface area (Å²) in [5.74, 6) is -2.66. The molecule has 1 aliphatic rings. The number of carbonyl (C=O) groups is 4. The first-order chi connectivity index (χ1) is 13.0. The van der Waals surface area contributed by atoms with Gasteiger partial charge in [0.15, 0.2) is 6.61 Å². The van der Waals surface area contributed by atoms with E-state index in [4.69, 9.17) is 16.3 Å². The molecule has 9 heteroatoms. The molecule has 1 aromatic heterocycles. The number of nitrogens with one attached hydrogen (secondary N) is 1. The van der Waals surface area contributed by atoms with Crippen LogP contribution in [0.25, 0.3) is 0 Å². The maximum atomic E-state index is 12.2. The number of amides is 2. The fourth-order valence-electron chi connectivity index (χ4n) is 2.56. The molecule has 27 heavy (non-hydrogen) atoms. The third-order valence-electron chi connectivity index (χ3n) is 3.95. The standard InChI is InChI=1S/C18H15ClN2O5S/c19-13-5-2-1-4-12(13)17(24)20-21-9-11(8-16(21)23)18(25)26-10-14(22)15-6-3-7-27-15/h1-7,11H,8-10H2,(H,20,24)/t11-/m1/s1. The van der Waals surface area contributed by atoms with Crippen LogP contribution in [0.15, 0.2) is 41.8 Å². The molecule has 1 N–H and O–H groups in total. The normalized spacial score (nSPS) is 16.3. The van der Waals surface area contributed by atoms with Crippen molar-refractivity contribution in [3.05, 3.63) is 57.2 Å². The molecule has 2 aromatic rings. The number of hydrazine groups is 1. The van der Waals surface area contributed by atoms with E-state index in [1.807, 2.05) is 0 Å². The molecule has 0 spiro atoms. The van der Waals surface area contributed by atoms with Gasteiger partial charge in [0, 0.05) is 6.42 Å². The Balaban J connectivity index is 1.53. The zero-order valence-corrected chi connectivity index (χ0v) is 15.6. The summed E-state index contributed by atoms with van der Waals surface area (Å²) in [4.78, 5) is 48.8. The predicted molar refractivity (Wildman–Crippen MR) is 98.3 cm³/mol. The Bertz CT molecular complexity index is 884. The van der Waals surface area contributed by atoms with Crippen molar-refractivity contribution in [2.45, 2.75) is 6.42 Å². The first kappa shape index (κ1) is 19.1. The van der Waals surface area contributed by atoms with E-state index in [1.165, 1.54) is 17.4 Å². The predicted octanol–water partition coefficient (Wildman–Crippen LogP) is 2.32. The highest BCUT2D eigenvalue weighted by Crippen LogP contribution is 2.20. The summed E-state index contributed by atoms with van der Waals surface area (Å²) >= 11 is 7.22. The first-order valence-corrected chi connectivity index (χ1v) is 9.30. The maximum absolute atomic E-state index is 12.2. The fraction of sp³-hybridized carbons (Fsp3) is 0.222. The summed E-state index contributed by atoms with van der Waals surface area (Å²) in [6.45, 7) is -0.406. The lowest BCUT2D eigenvalue weighted by molar-refractivity contribution is -0.147. The molecule has 3 rings (SSSR count). The van der Waals surface area contributed by atoms with Crippen molar-refractivity contribution in [1.82, 2.24) is 10.4 Å². The highest BCUT2D eigenvalue weighted by atomic mass is 35.5. The van der Waals surface area contributed by atoms with Crippen molar-refractivity contribution < 1.29 is 23.9 Å². The number of halogens is 1. The van der Waals surface area contributed by atoms with Crippen LogP contribution in [0.4, 0.5) is 0 Å².